The Kier molecular flexibility index (Phi) is 5.89. The van der Waals surface area contributed by atoms with Crippen molar-refractivity contribution in [1.29, 1.82) is 0 Å². The number of carbonyl (C=O) groups is 2. The van der Waals surface area contributed by atoms with E-state index in [0.29, 0.717) is 32.3 Å². The average Bonchev–Trinajstić information content (AvgIpc) is 2.68. The summed E-state index contributed by atoms with van der Waals surface area (Å²) in [4.78, 5) is 23.3. The molecule has 1 aliphatic carbocycles. The number of aliphatic carboxylic acids is 1. The largest absolute Gasteiger partial charge is 0.489 e. The number of benzene rings is 2. The molecule has 0 spiro atoms. The summed E-state index contributed by atoms with van der Waals surface area (Å²) in [6, 6.07) is 17.2. The molecule has 0 bridgehead atoms. The Bertz CT molecular complexity index is 734. The Morgan fingerprint density at radius 2 is 1.54 bits per heavy atom. The van der Waals surface area contributed by atoms with Gasteiger partial charge in [0.25, 0.3) is 0 Å². The van der Waals surface area contributed by atoms with E-state index >= 15 is 0 Å². The average molecular weight is 353 g/mol. The number of hydrogen-bond acceptors (Lipinski definition) is 3. The molecule has 136 valence electrons. The number of ether oxygens (including phenoxy) is 1. The lowest BCUT2D eigenvalue weighted by molar-refractivity contribution is -0.143. The van der Waals surface area contributed by atoms with E-state index in [-0.39, 0.29) is 17.7 Å². The fourth-order valence-electron chi connectivity index (χ4n) is 3.22. The Balaban J connectivity index is 1.48. The van der Waals surface area contributed by atoms with Gasteiger partial charge in [0, 0.05) is 11.6 Å². The number of anilines is 1. The van der Waals surface area contributed by atoms with E-state index in [9.17, 15) is 9.59 Å². The number of carboxylic acid groups (broad SMARTS) is 1. The summed E-state index contributed by atoms with van der Waals surface area (Å²) in [5, 5.41) is 11.9. The first-order chi connectivity index (χ1) is 12.6. The Morgan fingerprint density at radius 3 is 2.15 bits per heavy atom. The zero-order valence-corrected chi connectivity index (χ0v) is 14.6. The van der Waals surface area contributed by atoms with E-state index in [0.717, 1.165) is 17.0 Å². The zero-order valence-electron chi connectivity index (χ0n) is 14.6. The first-order valence-electron chi connectivity index (χ1n) is 8.92. The molecule has 0 unspecified atom stereocenters. The van der Waals surface area contributed by atoms with Crippen molar-refractivity contribution in [2.24, 2.45) is 11.8 Å². The highest BCUT2D eigenvalue weighted by Gasteiger charge is 2.29. The van der Waals surface area contributed by atoms with Crippen LogP contribution in [0.15, 0.2) is 54.6 Å². The summed E-state index contributed by atoms with van der Waals surface area (Å²) < 4.78 is 5.73. The Labute approximate surface area is 153 Å². The van der Waals surface area contributed by atoms with Gasteiger partial charge in [-0.25, -0.2) is 0 Å². The van der Waals surface area contributed by atoms with Gasteiger partial charge in [0.15, 0.2) is 0 Å². The van der Waals surface area contributed by atoms with Crippen LogP contribution >= 0.6 is 0 Å². The van der Waals surface area contributed by atoms with Gasteiger partial charge < -0.3 is 15.2 Å². The van der Waals surface area contributed by atoms with E-state index in [1.807, 2.05) is 54.6 Å². The Hall–Kier alpha value is -2.82. The number of rotatable bonds is 6. The lowest BCUT2D eigenvalue weighted by Gasteiger charge is -2.25. The maximum Gasteiger partial charge on any atom is 0.306 e. The highest BCUT2D eigenvalue weighted by molar-refractivity contribution is 5.92. The number of amides is 1. The van der Waals surface area contributed by atoms with Crippen LogP contribution in [0, 0.1) is 11.8 Å². The van der Waals surface area contributed by atoms with Crippen LogP contribution in [0.5, 0.6) is 5.75 Å². The second-order valence-corrected chi connectivity index (χ2v) is 6.67. The first-order valence-corrected chi connectivity index (χ1v) is 8.92. The van der Waals surface area contributed by atoms with Crippen molar-refractivity contribution >= 4 is 17.6 Å². The van der Waals surface area contributed by atoms with Crippen molar-refractivity contribution in [2.45, 2.75) is 32.3 Å². The highest BCUT2D eigenvalue weighted by Crippen LogP contribution is 2.30. The van der Waals surface area contributed by atoms with E-state index in [2.05, 4.69) is 5.32 Å². The van der Waals surface area contributed by atoms with Crippen molar-refractivity contribution in [1.82, 2.24) is 0 Å². The fraction of sp³-hybridized carbons (Fsp3) is 0.333. The smallest absolute Gasteiger partial charge is 0.306 e. The van der Waals surface area contributed by atoms with Crippen molar-refractivity contribution in [3.63, 3.8) is 0 Å². The van der Waals surface area contributed by atoms with E-state index in [1.165, 1.54) is 0 Å². The molecule has 5 heteroatoms. The highest BCUT2D eigenvalue weighted by atomic mass is 16.5. The second-order valence-electron chi connectivity index (χ2n) is 6.67. The molecule has 0 radical (unpaired) electrons. The molecular weight excluding hydrogens is 330 g/mol. The SMILES string of the molecule is O=C(O)C1CCC(C(=O)Nc2ccc(OCc3ccccc3)cc2)CC1. The normalized spacial score (nSPS) is 19.5. The number of hydrogen-bond donors (Lipinski definition) is 2. The molecule has 5 nitrogen and oxygen atoms in total. The maximum atomic E-state index is 12.3. The molecule has 0 aliphatic heterocycles. The van der Waals surface area contributed by atoms with Gasteiger partial charge in [-0.2, -0.15) is 0 Å². The van der Waals surface area contributed by atoms with Crippen LogP contribution < -0.4 is 10.1 Å². The van der Waals surface area contributed by atoms with Crippen LogP contribution in [-0.2, 0) is 16.2 Å². The quantitative estimate of drug-likeness (QED) is 0.820. The molecule has 1 fully saturated rings. The van der Waals surface area contributed by atoms with E-state index in [1.54, 1.807) is 0 Å². The van der Waals surface area contributed by atoms with E-state index in [4.69, 9.17) is 9.84 Å². The molecule has 0 atom stereocenters. The van der Waals surface area contributed by atoms with Gasteiger partial charge in [-0.1, -0.05) is 30.3 Å². The monoisotopic (exact) mass is 353 g/mol. The number of carbonyl (C=O) groups excluding carboxylic acids is 1. The predicted octanol–water partition coefficient (Wildman–Crippen LogP) is 4.10. The van der Waals surface area contributed by atoms with Gasteiger partial charge in [0.1, 0.15) is 12.4 Å². The van der Waals surface area contributed by atoms with Crippen LogP contribution in [0.1, 0.15) is 31.2 Å². The summed E-state index contributed by atoms with van der Waals surface area (Å²) in [5.74, 6) is -0.463. The molecular formula is C21H23NO4. The lowest BCUT2D eigenvalue weighted by atomic mass is 9.81. The van der Waals surface area contributed by atoms with Crippen LogP contribution in [0.2, 0.25) is 0 Å². The van der Waals surface area contributed by atoms with Gasteiger partial charge in [0.05, 0.1) is 5.92 Å². The number of nitrogens with one attached hydrogen (secondary N) is 1. The van der Waals surface area contributed by atoms with Gasteiger partial charge >= 0.3 is 5.97 Å². The fourth-order valence-corrected chi connectivity index (χ4v) is 3.22. The van der Waals surface area contributed by atoms with Gasteiger partial charge in [-0.3, -0.25) is 9.59 Å². The molecule has 0 aromatic heterocycles. The van der Waals surface area contributed by atoms with Crippen molar-refractivity contribution in [3.8, 4) is 5.75 Å². The molecule has 0 heterocycles. The molecule has 2 aromatic rings. The molecule has 1 amide bonds. The van der Waals surface area contributed by atoms with E-state index < -0.39 is 5.97 Å². The lowest BCUT2D eigenvalue weighted by Crippen LogP contribution is -2.29. The molecule has 2 N–H and O–H groups in total. The first kappa shape index (κ1) is 18.0. The van der Waals surface area contributed by atoms with Crippen molar-refractivity contribution < 1.29 is 19.4 Å². The maximum absolute atomic E-state index is 12.3. The second kappa shape index (κ2) is 8.52. The molecule has 2 aromatic carbocycles. The Morgan fingerprint density at radius 1 is 0.923 bits per heavy atom. The minimum Gasteiger partial charge on any atom is -0.489 e. The molecule has 26 heavy (non-hydrogen) atoms. The summed E-state index contributed by atoms with van der Waals surface area (Å²) in [7, 11) is 0. The standard InChI is InChI=1S/C21H23NO4/c23-20(16-6-8-17(9-7-16)21(24)25)22-18-10-12-19(13-11-18)26-14-15-4-2-1-3-5-15/h1-5,10-13,16-17H,6-9,14H2,(H,22,23)(H,24,25). The van der Waals surface area contributed by atoms with Crippen LogP contribution in [0.4, 0.5) is 5.69 Å². The van der Waals surface area contributed by atoms with Gasteiger partial charge in [0.2, 0.25) is 5.91 Å². The number of carboxylic acids is 1. The summed E-state index contributed by atoms with van der Waals surface area (Å²) >= 11 is 0. The van der Waals surface area contributed by atoms with Gasteiger partial charge in [-0.05, 0) is 55.5 Å². The molecule has 0 saturated heterocycles. The topological polar surface area (TPSA) is 75.6 Å². The van der Waals surface area contributed by atoms with Gasteiger partial charge in [-0.15, -0.1) is 0 Å². The minimum atomic E-state index is -0.755. The molecule has 1 aliphatic rings. The zero-order chi connectivity index (χ0) is 18.4. The summed E-state index contributed by atoms with van der Waals surface area (Å²) in [6.07, 6.45) is 2.39. The van der Waals surface area contributed by atoms with Crippen molar-refractivity contribution in [3.05, 3.63) is 60.2 Å². The third-order valence-corrected chi connectivity index (χ3v) is 4.82. The van der Waals surface area contributed by atoms with Crippen LogP contribution in [-0.4, -0.2) is 17.0 Å². The summed E-state index contributed by atoms with van der Waals surface area (Å²) in [5.41, 5.74) is 1.82. The molecule has 3 rings (SSSR count). The van der Waals surface area contributed by atoms with Crippen molar-refractivity contribution in [2.75, 3.05) is 5.32 Å². The predicted molar refractivity (Wildman–Crippen MR) is 98.9 cm³/mol. The third-order valence-electron chi connectivity index (χ3n) is 4.82. The van der Waals surface area contributed by atoms with Crippen LogP contribution in [0.25, 0.3) is 0 Å². The third kappa shape index (κ3) is 4.85. The summed E-state index contributed by atoms with van der Waals surface area (Å²) in [6.45, 7) is 0.499. The van der Waals surface area contributed by atoms with Crippen LogP contribution in [0.3, 0.4) is 0 Å². The molecule has 1 saturated carbocycles. The minimum absolute atomic E-state index is 0.0354.